The highest BCUT2D eigenvalue weighted by Gasteiger charge is 2.17. The van der Waals surface area contributed by atoms with Crippen LogP contribution in [0.4, 0.5) is 5.82 Å². The molecule has 0 aliphatic heterocycles. The first kappa shape index (κ1) is 13.3. The molecule has 2 rings (SSSR count). The van der Waals surface area contributed by atoms with E-state index in [-0.39, 0.29) is 12.5 Å². The van der Waals surface area contributed by atoms with Crippen LogP contribution in [0.5, 0.6) is 0 Å². The minimum atomic E-state index is -0.298. The zero-order valence-corrected chi connectivity index (χ0v) is 11.8. The van der Waals surface area contributed by atoms with Crippen LogP contribution >= 0.6 is 15.9 Å². The largest absolute Gasteiger partial charge is 0.304 e. The van der Waals surface area contributed by atoms with E-state index in [1.165, 1.54) is 4.68 Å². The van der Waals surface area contributed by atoms with E-state index in [9.17, 15) is 4.79 Å². The second-order valence-electron chi connectivity index (χ2n) is 3.67. The topological polar surface area (TPSA) is 88.5 Å². The first-order valence-corrected chi connectivity index (χ1v) is 6.38. The number of amides is 1. The molecule has 0 atom stereocenters. The molecule has 0 spiro atoms. The van der Waals surface area contributed by atoms with Gasteiger partial charge in [0, 0.05) is 18.8 Å². The van der Waals surface area contributed by atoms with Gasteiger partial charge in [-0.3, -0.25) is 14.2 Å². The quantitative estimate of drug-likeness (QED) is 0.926. The zero-order chi connectivity index (χ0) is 13.8. The number of rotatable bonds is 4. The molecule has 2 aromatic rings. The second kappa shape index (κ2) is 5.67. The van der Waals surface area contributed by atoms with Crippen molar-refractivity contribution in [3.63, 3.8) is 0 Å². The molecule has 0 unspecified atom stereocenters. The SMILES string of the molecule is CCn1ncc(Br)c1C(=O)Nc1ccn(CC#N)n1. The Morgan fingerprint density at radius 1 is 1.63 bits per heavy atom. The van der Waals surface area contributed by atoms with Gasteiger partial charge in [-0.1, -0.05) is 0 Å². The third-order valence-electron chi connectivity index (χ3n) is 2.42. The first-order chi connectivity index (χ1) is 9.15. The Kier molecular flexibility index (Phi) is 3.97. The summed E-state index contributed by atoms with van der Waals surface area (Å²) in [5, 5.41) is 19.3. The third-order valence-corrected chi connectivity index (χ3v) is 3.00. The van der Waals surface area contributed by atoms with Gasteiger partial charge in [0.2, 0.25) is 0 Å². The number of hydrogen-bond donors (Lipinski definition) is 1. The number of aryl methyl sites for hydroxylation is 1. The third kappa shape index (κ3) is 2.82. The number of nitriles is 1. The van der Waals surface area contributed by atoms with Gasteiger partial charge < -0.3 is 5.32 Å². The fourth-order valence-corrected chi connectivity index (χ4v) is 2.07. The van der Waals surface area contributed by atoms with Gasteiger partial charge in [-0.15, -0.1) is 0 Å². The molecule has 8 heteroatoms. The minimum absolute atomic E-state index is 0.145. The number of aromatic nitrogens is 4. The van der Waals surface area contributed by atoms with Crippen LogP contribution in [0.2, 0.25) is 0 Å². The van der Waals surface area contributed by atoms with E-state index in [0.29, 0.717) is 22.5 Å². The molecule has 19 heavy (non-hydrogen) atoms. The summed E-state index contributed by atoms with van der Waals surface area (Å²) in [5.74, 6) is 0.101. The Morgan fingerprint density at radius 3 is 3.11 bits per heavy atom. The maximum absolute atomic E-state index is 12.1. The van der Waals surface area contributed by atoms with Gasteiger partial charge >= 0.3 is 0 Å². The molecule has 0 radical (unpaired) electrons. The molecule has 1 amide bonds. The number of anilines is 1. The molecule has 0 bridgehead atoms. The molecular formula is C11H11BrN6O. The number of carbonyl (C=O) groups excluding carboxylic acids is 1. The molecular weight excluding hydrogens is 312 g/mol. The number of halogens is 1. The Labute approximate surface area is 117 Å². The molecule has 0 saturated carbocycles. The smallest absolute Gasteiger partial charge is 0.276 e. The van der Waals surface area contributed by atoms with Crippen molar-refractivity contribution in [2.75, 3.05) is 5.32 Å². The summed E-state index contributed by atoms with van der Waals surface area (Å²) in [5.41, 5.74) is 0.442. The van der Waals surface area contributed by atoms with Crippen molar-refractivity contribution in [3.05, 3.63) is 28.6 Å². The molecule has 98 valence electrons. The van der Waals surface area contributed by atoms with Crippen molar-refractivity contribution in [2.24, 2.45) is 0 Å². The Bertz CT molecular complexity index is 638. The molecule has 0 aliphatic carbocycles. The normalized spacial score (nSPS) is 10.2. The minimum Gasteiger partial charge on any atom is -0.304 e. The molecule has 2 heterocycles. The predicted octanol–water partition coefficient (Wildman–Crippen LogP) is 1.64. The fraction of sp³-hybridized carbons (Fsp3) is 0.273. The molecule has 7 nitrogen and oxygen atoms in total. The van der Waals surface area contributed by atoms with Crippen molar-refractivity contribution < 1.29 is 4.79 Å². The van der Waals surface area contributed by atoms with E-state index < -0.39 is 0 Å². The summed E-state index contributed by atoms with van der Waals surface area (Å²) in [6, 6.07) is 3.61. The van der Waals surface area contributed by atoms with Crippen molar-refractivity contribution in [2.45, 2.75) is 20.0 Å². The summed E-state index contributed by atoms with van der Waals surface area (Å²) in [6.45, 7) is 2.64. The lowest BCUT2D eigenvalue weighted by atomic mass is 10.4. The van der Waals surface area contributed by atoms with Gasteiger partial charge in [-0.2, -0.15) is 15.5 Å². The number of nitrogens with one attached hydrogen (secondary N) is 1. The summed E-state index contributed by atoms with van der Waals surface area (Å²) < 4.78 is 3.66. The lowest BCUT2D eigenvalue weighted by molar-refractivity contribution is 0.101. The van der Waals surface area contributed by atoms with Gasteiger partial charge in [-0.25, -0.2) is 0 Å². The Hall–Kier alpha value is -2.14. The van der Waals surface area contributed by atoms with E-state index in [0.717, 1.165) is 0 Å². The van der Waals surface area contributed by atoms with E-state index in [4.69, 9.17) is 5.26 Å². The van der Waals surface area contributed by atoms with Crippen molar-refractivity contribution in [1.82, 2.24) is 19.6 Å². The van der Waals surface area contributed by atoms with Crippen molar-refractivity contribution in [3.8, 4) is 6.07 Å². The predicted molar refractivity (Wildman–Crippen MR) is 71.4 cm³/mol. The van der Waals surface area contributed by atoms with E-state index in [2.05, 4.69) is 31.4 Å². The highest BCUT2D eigenvalue weighted by molar-refractivity contribution is 9.10. The molecule has 0 aromatic carbocycles. The maximum Gasteiger partial charge on any atom is 0.276 e. The summed E-state index contributed by atoms with van der Waals surface area (Å²) in [4.78, 5) is 12.1. The van der Waals surface area contributed by atoms with E-state index in [1.807, 2.05) is 13.0 Å². The molecule has 0 aliphatic rings. The maximum atomic E-state index is 12.1. The van der Waals surface area contributed by atoms with Crippen LogP contribution in [-0.4, -0.2) is 25.5 Å². The average molecular weight is 323 g/mol. The number of hydrogen-bond acceptors (Lipinski definition) is 4. The van der Waals surface area contributed by atoms with Gasteiger partial charge in [0.15, 0.2) is 5.82 Å². The Morgan fingerprint density at radius 2 is 2.42 bits per heavy atom. The Balaban J connectivity index is 2.16. The molecule has 0 fully saturated rings. The van der Waals surface area contributed by atoms with Crippen LogP contribution in [0.25, 0.3) is 0 Å². The second-order valence-corrected chi connectivity index (χ2v) is 4.52. The molecule has 0 saturated heterocycles. The molecule has 2 aromatic heterocycles. The standard InChI is InChI=1S/C11H11BrN6O/c1-2-18-10(8(12)7-14-18)11(19)15-9-3-5-17(16-9)6-4-13/h3,5,7H,2,6H2,1H3,(H,15,16,19). The number of nitrogens with zero attached hydrogens (tertiary/aromatic N) is 5. The summed E-state index contributed by atoms with van der Waals surface area (Å²) in [6.07, 6.45) is 3.21. The average Bonchev–Trinajstić information content (AvgIpc) is 2.96. The lowest BCUT2D eigenvalue weighted by Gasteiger charge is -2.05. The highest BCUT2D eigenvalue weighted by Crippen LogP contribution is 2.17. The zero-order valence-electron chi connectivity index (χ0n) is 10.2. The van der Waals surface area contributed by atoms with Crippen LogP contribution in [0.15, 0.2) is 22.9 Å². The fourth-order valence-electron chi connectivity index (χ4n) is 1.59. The van der Waals surface area contributed by atoms with Crippen LogP contribution in [0.1, 0.15) is 17.4 Å². The van der Waals surface area contributed by atoms with Crippen molar-refractivity contribution in [1.29, 1.82) is 5.26 Å². The van der Waals surface area contributed by atoms with Crippen LogP contribution in [0, 0.1) is 11.3 Å². The van der Waals surface area contributed by atoms with Gasteiger partial charge in [-0.05, 0) is 22.9 Å². The summed E-state index contributed by atoms with van der Waals surface area (Å²) >= 11 is 3.29. The van der Waals surface area contributed by atoms with Gasteiger partial charge in [0.1, 0.15) is 12.2 Å². The monoisotopic (exact) mass is 322 g/mol. The van der Waals surface area contributed by atoms with E-state index in [1.54, 1.807) is 23.1 Å². The van der Waals surface area contributed by atoms with Crippen molar-refractivity contribution >= 4 is 27.7 Å². The number of carbonyl (C=O) groups is 1. The van der Waals surface area contributed by atoms with Gasteiger partial charge in [0.25, 0.3) is 5.91 Å². The van der Waals surface area contributed by atoms with E-state index >= 15 is 0 Å². The van der Waals surface area contributed by atoms with Crippen LogP contribution in [-0.2, 0) is 13.1 Å². The molecule has 1 N–H and O–H groups in total. The first-order valence-electron chi connectivity index (χ1n) is 5.58. The van der Waals surface area contributed by atoms with Crippen LogP contribution < -0.4 is 5.32 Å². The summed E-state index contributed by atoms with van der Waals surface area (Å²) in [7, 11) is 0. The lowest BCUT2D eigenvalue weighted by Crippen LogP contribution is -2.18. The van der Waals surface area contributed by atoms with Crippen LogP contribution in [0.3, 0.4) is 0 Å². The highest BCUT2D eigenvalue weighted by atomic mass is 79.9. The van der Waals surface area contributed by atoms with Gasteiger partial charge in [0.05, 0.1) is 16.7 Å².